The van der Waals surface area contributed by atoms with Gasteiger partial charge in [-0.1, -0.05) is 0 Å². The summed E-state index contributed by atoms with van der Waals surface area (Å²) < 4.78 is 8.43. The van der Waals surface area contributed by atoms with E-state index in [0.29, 0.717) is 6.10 Å². The van der Waals surface area contributed by atoms with E-state index in [0.717, 1.165) is 24.0 Å². The third kappa shape index (κ3) is 1.87. The number of nitrogens with zero attached hydrogens (tertiary/aromatic N) is 2. The lowest BCUT2D eigenvalue weighted by Crippen LogP contribution is -2.14. The predicted octanol–water partition coefficient (Wildman–Crippen LogP) is 1.82. The maximum absolute atomic E-state index is 5.49. The Balaban J connectivity index is 1.94. The van der Waals surface area contributed by atoms with Crippen molar-refractivity contribution in [2.75, 3.05) is 6.61 Å². The topological polar surface area (TPSA) is 27.1 Å². The number of hydrogen-bond acceptors (Lipinski definition) is 2. The van der Waals surface area contributed by atoms with Crippen molar-refractivity contribution in [1.29, 1.82) is 0 Å². The smallest absolute Gasteiger partial charge is 0.0771 e. The number of halogens is 1. The molecule has 66 valence electrons. The predicted molar refractivity (Wildman–Crippen MR) is 48.9 cm³/mol. The fourth-order valence-electron chi connectivity index (χ4n) is 1.44. The minimum absolute atomic E-state index is 0.372. The Morgan fingerprint density at radius 3 is 3.25 bits per heavy atom. The molecule has 0 radical (unpaired) electrons. The molecule has 0 aliphatic carbocycles. The Bertz CT molecular complexity index is 255. The molecule has 3 nitrogen and oxygen atoms in total. The summed E-state index contributed by atoms with van der Waals surface area (Å²) in [5, 5.41) is 4.17. The van der Waals surface area contributed by atoms with Gasteiger partial charge in [-0.25, -0.2) is 0 Å². The van der Waals surface area contributed by atoms with Gasteiger partial charge in [0, 0.05) is 12.8 Å². The van der Waals surface area contributed by atoms with E-state index in [-0.39, 0.29) is 0 Å². The third-order valence-electron chi connectivity index (χ3n) is 2.02. The number of aromatic nitrogens is 2. The molecule has 1 saturated heterocycles. The standard InChI is InChI=1S/C8H11BrN2O/c9-7-4-10-11(5-7)6-8-2-1-3-12-8/h4-5,8H,1-3,6H2/t8-/m1/s1. The van der Waals surface area contributed by atoms with Crippen LogP contribution in [0.4, 0.5) is 0 Å². The van der Waals surface area contributed by atoms with Crippen molar-refractivity contribution >= 4 is 15.9 Å². The van der Waals surface area contributed by atoms with Gasteiger partial charge in [-0.2, -0.15) is 5.10 Å². The van der Waals surface area contributed by atoms with Crippen LogP contribution in [0.15, 0.2) is 16.9 Å². The minimum Gasteiger partial charge on any atom is -0.376 e. The van der Waals surface area contributed by atoms with Gasteiger partial charge >= 0.3 is 0 Å². The fraction of sp³-hybridized carbons (Fsp3) is 0.625. The molecular formula is C8H11BrN2O. The van der Waals surface area contributed by atoms with E-state index in [1.807, 2.05) is 10.9 Å². The molecule has 1 aromatic heterocycles. The number of hydrogen-bond donors (Lipinski definition) is 0. The summed E-state index contributed by atoms with van der Waals surface area (Å²) in [5.74, 6) is 0. The van der Waals surface area contributed by atoms with E-state index in [9.17, 15) is 0 Å². The Kier molecular flexibility index (Phi) is 2.46. The maximum Gasteiger partial charge on any atom is 0.0771 e. The molecule has 0 bridgehead atoms. The molecule has 12 heavy (non-hydrogen) atoms. The van der Waals surface area contributed by atoms with Gasteiger partial charge in [0.1, 0.15) is 0 Å². The average molecular weight is 231 g/mol. The highest BCUT2D eigenvalue weighted by atomic mass is 79.9. The Labute approximate surface area is 79.8 Å². The Morgan fingerprint density at radius 2 is 2.67 bits per heavy atom. The monoisotopic (exact) mass is 230 g/mol. The summed E-state index contributed by atoms with van der Waals surface area (Å²) in [6, 6.07) is 0. The summed E-state index contributed by atoms with van der Waals surface area (Å²) in [7, 11) is 0. The molecule has 1 aromatic rings. The molecule has 0 aromatic carbocycles. The van der Waals surface area contributed by atoms with Crippen LogP contribution in [0.3, 0.4) is 0 Å². The molecule has 0 saturated carbocycles. The lowest BCUT2D eigenvalue weighted by molar-refractivity contribution is 0.0940. The summed E-state index contributed by atoms with van der Waals surface area (Å²) in [6.07, 6.45) is 6.50. The first-order valence-electron chi connectivity index (χ1n) is 4.14. The lowest BCUT2D eigenvalue weighted by Gasteiger charge is -2.08. The first-order valence-corrected chi connectivity index (χ1v) is 4.93. The highest BCUT2D eigenvalue weighted by molar-refractivity contribution is 9.10. The second-order valence-corrected chi connectivity index (χ2v) is 3.93. The van der Waals surface area contributed by atoms with Crippen molar-refractivity contribution < 1.29 is 4.74 Å². The van der Waals surface area contributed by atoms with Gasteiger partial charge < -0.3 is 4.74 Å². The first kappa shape index (κ1) is 8.26. The molecule has 4 heteroatoms. The van der Waals surface area contributed by atoms with Crippen LogP contribution in [0.1, 0.15) is 12.8 Å². The molecule has 1 aliphatic rings. The number of ether oxygens (including phenoxy) is 1. The van der Waals surface area contributed by atoms with Gasteiger partial charge in [0.15, 0.2) is 0 Å². The summed E-state index contributed by atoms with van der Waals surface area (Å²) >= 11 is 3.36. The highest BCUT2D eigenvalue weighted by Crippen LogP contribution is 2.14. The van der Waals surface area contributed by atoms with Gasteiger partial charge in [0.05, 0.1) is 23.3 Å². The molecule has 2 rings (SSSR count). The van der Waals surface area contributed by atoms with Crippen LogP contribution >= 0.6 is 15.9 Å². The largest absolute Gasteiger partial charge is 0.376 e. The van der Waals surface area contributed by atoms with Gasteiger partial charge in [0.2, 0.25) is 0 Å². The second kappa shape index (κ2) is 3.58. The molecule has 1 atom stereocenters. The SMILES string of the molecule is Brc1cnn(C[C@H]2CCCO2)c1. The fourth-order valence-corrected chi connectivity index (χ4v) is 1.76. The second-order valence-electron chi connectivity index (χ2n) is 3.02. The van der Waals surface area contributed by atoms with E-state index >= 15 is 0 Å². The van der Waals surface area contributed by atoms with Crippen molar-refractivity contribution in [3.8, 4) is 0 Å². The molecule has 2 heterocycles. The zero-order chi connectivity index (χ0) is 8.39. The van der Waals surface area contributed by atoms with Crippen LogP contribution < -0.4 is 0 Å². The first-order chi connectivity index (χ1) is 5.84. The van der Waals surface area contributed by atoms with Crippen LogP contribution in [0.5, 0.6) is 0 Å². The molecule has 1 fully saturated rings. The van der Waals surface area contributed by atoms with Crippen molar-refractivity contribution in [3.63, 3.8) is 0 Å². The zero-order valence-electron chi connectivity index (χ0n) is 6.74. The average Bonchev–Trinajstić information content (AvgIpc) is 2.63. The summed E-state index contributed by atoms with van der Waals surface area (Å²) in [6.45, 7) is 1.79. The Hall–Kier alpha value is -0.350. The molecule has 0 spiro atoms. The molecule has 1 aliphatic heterocycles. The van der Waals surface area contributed by atoms with Crippen molar-refractivity contribution in [1.82, 2.24) is 9.78 Å². The molecular weight excluding hydrogens is 220 g/mol. The zero-order valence-corrected chi connectivity index (χ0v) is 8.33. The minimum atomic E-state index is 0.372. The van der Waals surface area contributed by atoms with Crippen molar-refractivity contribution in [2.45, 2.75) is 25.5 Å². The molecule has 0 amide bonds. The van der Waals surface area contributed by atoms with Gasteiger partial charge in [-0.15, -0.1) is 0 Å². The highest BCUT2D eigenvalue weighted by Gasteiger charge is 2.15. The van der Waals surface area contributed by atoms with Crippen LogP contribution in [0, 0.1) is 0 Å². The maximum atomic E-state index is 5.49. The normalized spacial score (nSPS) is 23.2. The summed E-state index contributed by atoms with van der Waals surface area (Å²) in [4.78, 5) is 0. The van der Waals surface area contributed by atoms with Gasteiger partial charge in [-0.05, 0) is 28.8 Å². The van der Waals surface area contributed by atoms with Crippen LogP contribution in [0.25, 0.3) is 0 Å². The van der Waals surface area contributed by atoms with Crippen LogP contribution in [-0.4, -0.2) is 22.5 Å². The van der Waals surface area contributed by atoms with Gasteiger partial charge in [-0.3, -0.25) is 4.68 Å². The molecule has 0 unspecified atom stereocenters. The summed E-state index contributed by atoms with van der Waals surface area (Å²) in [5.41, 5.74) is 0. The quantitative estimate of drug-likeness (QED) is 0.776. The van der Waals surface area contributed by atoms with E-state index in [1.165, 1.54) is 6.42 Å². The van der Waals surface area contributed by atoms with Crippen LogP contribution in [0.2, 0.25) is 0 Å². The van der Waals surface area contributed by atoms with E-state index < -0.39 is 0 Å². The molecule has 0 N–H and O–H groups in total. The van der Waals surface area contributed by atoms with E-state index in [4.69, 9.17) is 4.74 Å². The Morgan fingerprint density at radius 1 is 1.75 bits per heavy atom. The van der Waals surface area contributed by atoms with E-state index in [2.05, 4.69) is 21.0 Å². The van der Waals surface area contributed by atoms with Crippen molar-refractivity contribution in [3.05, 3.63) is 16.9 Å². The van der Waals surface area contributed by atoms with E-state index in [1.54, 1.807) is 6.20 Å². The lowest BCUT2D eigenvalue weighted by atomic mass is 10.2. The van der Waals surface area contributed by atoms with Gasteiger partial charge in [0.25, 0.3) is 0 Å². The number of rotatable bonds is 2. The third-order valence-corrected chi connectivity index (χ3v) is 2.43. The van der Waals surface area contributed by atoms with Crippen molar-refractivity contribution in [2.24, 2.45) is 0 Å². The van der Waals surface area contributed by atoms with Crippen LogP contribution in [-0.2, 0) is 11.3 Å².